The van der Waals surface area contributed by atoms with Crippen molar-refractivity contribution in [2.24, 2.45) is 41.2 Å². The average Bonchev–Trinajstić information content (AvgIpc) is 4.02. The van der Waals surface area contributed by atoms with Gasteiger partial charge in [0.05, 0.1) is 45.7 Å². The molecule has 17 nitrogen and oxygen atoms in total. The molecule has 1 aromatic carbocycles. The Kier molecular flexibility index (Phi) is 28.6. The van der Waals surface area contributed by atoms with Crippen LogP contribution in [0.2, 0.25) is 0 Å². The van der Waals surface area contributed by atoms with Gasteiger partial charge < -0.3 is 60.6 Å². The van der Waals surface area contributed by atoms with Gasteiger partial charge in [-0.3, -0.25) is 24.0 Å². The van der Waals surface area contributed by atoms with Crippen LogP contribution in [0.25, 0.3) is 0 Å². The van der Waals surface area contributed by atoms with Crippen LogP contribution in [0.3, 0.4) is 0 Å². The van der Waals surface area contributed by atoms with Crippen molar-refractivity contribution in [3.8, 4) is 0 Å². The van der Waals surface area contributed by atoms with Crippen molar-refractivity contribution in [2.75, 3.05) is 80.2 Å². The lowest BCUT2D eigenvalue weighted by molar-refractivity contribution is -0.138. The predicted molar refractivity (Wildman–Crippen MR) is 276 cm³/mol. The quantitative estimate of drug-likeness (QED) is 0.0484. The van der Waals surface area contributed by atoms with Gasteiger partial charge in [-0.05, 0) is 85.8 Å². The molecule has 1 fully saturated rings. The first-order valence-electron chi connectivity index (χ1n) is 26.2. The van der Waals surface area contributed by atoms with Crippen molar-refractivity contribution < 1.29 is 47.7 Å². The molecule has 2 aromatic rings. The molecule has 2 heterocycles. The Labute approximate surface area is 424 Å². The van der Waals surface area contributed by atoms with Crippen molar-refractivity contribution in [3.05, 3.63) is 59.4 Å². The molecule has 9 atom stereocenters. The summed E-state index contributed by atoms with van der Waals surface area (Å²) in [6, 6.07) is 9.46. The van der Waals surface area contributed by atoms with Crippen LogP contribution in [0.5, 0.6) is 0 Å². The summed E-state index contributed by atoms with van der Waals surface area (Å²) in [5, 5.41) is 12.5. The standard InChI is InChI=1S/C54H91N7O10/c1-11-38(6)50(60-54(66)49(37(4)5)59-53(65)48(36(2)3)58-46(62)22-28-69-30-32-71-33-31-70-29-23-55)42(20-26-67-9)35-47(63)61-25-15-18-45(61)43(21-27-68-10)40(8)52(64)57-44(51-39(7)19-24-56-51)34-41-16-13-12-14-17-41/h12-14,16-17,19,24,36-38,40,42-45,48-50,56H,11,15,18,20-23,25-35,55H2,1-10H3,(H,57,64)(H,58,62)(H,59,65)(H,60,66). The maximum atomic E-state index is 14.8. The Bertz CT molecular complexity index is 1850. The van der Waals surface area contributed by atoms with E-state index in [2.05, 4.69) is 52.2 Å². The van der Waals surface area contributed by atoms with Crippen molar-refractivity contribution in [3.63, 3.8) is 0 Å². The highest BCUT2D eigenvalue weighted by Gasteiger charge is 2.42. The summed E-state index contributed by atoms with van der Waals surface area (Å²) in [7, 11) is 3.28. The zero-order valence-corrected chi connectivity index (χ0v) is 44.7. The number of methoxy groups -OCH3 is 2. The van der Waals surface area contributed by atoms with Gasteiger partial charge in [-0.25, -0.2) is 0 Å². The minimum Gasteiger partial charge on any atom is -0.385 e. The summed E-state index contributed by atoms with van der Waals surface area (Å²) in [5.41, 5.74) is 8.56. The highest BCUT2D eigenvalue weighted by molar-refractivity contribution is 5.92. The van der Waals surface area contributed by atoms with E-state index in [1.54, 1.807) is 14.2 Å². The fourth-order valence-corrected chi connectivity index (χ4v) is 9.59. The van der Waals surface area contributed by atoms with Gasteiger partial charge in [-0.1, -0.05) is 85.2 Å². The second-order valence-electron chi connectivity index (χ2n) is 19.9. The van der Waals surface area contributed by atoms with E-state index < -0.39 is 30.0 Å². The summed E-state index contributed by atoms with van der Waals surface area (Å²) in [4.78, 5) is 75.8. The van der Waals surface area contributed by atoms with E-state index in [4.69, 9.17) is 29.4 Å². The summed E-state index contributed by atoms with van der Waals surface area (Å²) in [6.07, 6.45) is 6.16. The fourth-order valence-electron chi connectivity index (χ4n) is 9.59. The van der Waals surface area contributed by atoms with Gasteiger partial charge in [0.15, 0.2) is 0 Å². The Balaban J connectivity index is 1.74. The van der Waals surface area contributed by atoms with E-state index in [0.29, 0.717) is 78.6 Å². The fraction of sp³-hybridized carbons (Fsp3) is 0.722. The Morgan fingerprint density at radius 3 is 1.94 bits per heavy atom. The van der Waals surface area contributed by atoms with Crippen molar-refractivity contribution >= 4 is 29.5 Å². The van der Waals surface area contributed by atoms with Gasteiger partial charge >= 0.3 is 0 Å². The number of hydrogen-bond donors (Lipinski definition) is 6. The number of benzene rings is 1. The lowest BCUT2D eigenvalue weighted by atomic mass is 9.81. The van der Waals surface area contributed by atoms with Crippen LogP contribution in [-0.2, 0) is 54.1 Å². The van der Waals surface area contributed by atoms with Crippen LogP contribution in [0.15, 0.2) is 42.6 Å². The summed E-state index contributed by atoms with van der Waals surface area (Å²) in [6.45, 7) is 19.5. The maximum absolute atomic E-state index is 14.8. The summed E-state index contributed by atoms with van der Waals surface area (Å²) in [5.74, 6) is -2.74. The van der Waals surface area contributed by atoms with E-state index in [0.717, 1.165) is 36.1 Å². The molecule has 402 valence electrons. The molecule has 0 saturated carbocycles. The molecule has 71 heavy (non-hydrogen) atoms. The van der Waals surface area contributed by atoms with Gasteiger partial charge in [0.25, 0.3) is 0 Å². The number of carbonyl (C=O) groups excluding carboxylic acids is 5. The Morgan fingerprint density at radius 2 is 1.35 bits per heavy atom. The summed E-state index contributed by atoms with van der Waals surface area (Å²) >= 11 is 0. The maximum Gasteiger partial charge on any atom is 0.243 e. The molecule has 0 radical (unpaired) electrons. The number of ether oxygens (including phenoxy) is 5. The van der Waals surface area contributed by atoms with Crippen molar-refractivity contribution in [2.45, 2.75) is 137 Å². The molecule has 3 rings (SSSR count). The number of aromatic amines is 1. The SMILES string of the molecule is CCC(C)C(NC(=O)C(NC(=O)C(NC(=O)CCOCCOCCOCCN)C(C)C)C(C)C)C(CCOC)CC(=O)N1CCCC1C(CCOC)C(C)C(=O)NC(Cc1ccccc1)c1[nH]ccc1C. The first-order valence-corrected chi connectivity index (χ1v) is 26.2. The highest BCUT2D eigenvalue weighted by Crippen LogP contribution is 2.35. The van der Waals surface area contributed by atoms with Crippen molar-refractivity contribution in [1.82, 2.24) is 31.2 Å². The molecule has 1 aliphatic rings. The number of aryl methyl sites for hydroxylation is 1. The van der Waals surface area contributed by atoms with Crippen LogP contribution < -0.4 is 27.0 Å². The monoisotopic (exact) mass is 998 g/mol. The molecule has 1 aromatic heterocycles. The van der Waals surface area contributed by atoms with Gasteiger partial charge in [-0.2, -0.15) is 0 Å². The van der Waals surface area contributed by atoms with Crippen LogP contribution in [-0.4, -0.2) is 144 Å². The zero-order chi connectivity index (χ0) is 52.3. The Hall–Kier alpha value is -4.39. The molecule has 0 bridgehead atoms. The highest BCUT2D eigenvalue weighted by atomic mass is 16.5. The van der Waals surface area contributed by atoms with Crippen molar-refractivity contribution in [1.29, 1.82) is 0 Å². The minimum atomic E-state index is -0.916. The molecule has 5 amide bonds. The van der Waals surface area contributed by atoms with Crippen LogP contribution in [0.1, 0.15) is 116 Å². The third-order valence-corrected chi connectivity index (χ3v) is 14.0. The number of rotatable bonds is 36. The number of hydrogen-bond acceptors (Lipinski definition) is 11. The largest absolute Gasteiger partial charge is 0.385 e. The first kappa shape index (κ1) is 60.9. The molecule has 0 spiro atoms. The third kappa shape index (κ3) is 20.6. The van der Waals surface area contributed by atoms with E-state index in [1.165, 1.54) is 0 Å². The predicted octanol–water partition coefficient (Wildman–Crippen LogP) is 5.26. The van der Waals surface area contributed by atoms with E-state index in [1.807, 2.05) is 76.9 Å². The second-order valence-corrected chi connectivity index (χ2v) is 19.9. The summed E-state index contributed by atoms with van der Waals surface area (Å²) < 4.78 is 27.5. The zero-order valence-electron chi connectivity index (χ0n) is 44.7. The Morgan fingerprint density at radius 1 is 0.746 bits per heavy atom. The molecular weight excluding hydrogens is 907 g/mol. The molecular formula is C54H91N7O10. The van der Waals surface area contributed by atoms with Crippen LogP contribution in [0.4, 0.5) is 0 Å². The molecule has 1 saturated heterocycles. The van der Waals surface area contributed by atoms with E-state index in [9.17, 15) is 24.0 Å². The van der Waals surface area contributed by atoms with Gasteiger partial charge in [0.2, 0.25) is 29.5 Å². The van der Waals surface area contributed by atoms with E-state index in [-0.39, 0.29) is 84.8 Å². The topological polar surface area (TPSA) is 225 Å². The van der Waals surface area contributed by atoms with Gasteiger partial charge in [0.1, 0.15) is 12.1 Å². The molecule has 7 N–H and O–H groups in total. The number of likely N-dealkylation sites (tertiary alicyclic amines) is 1. The van der Waals surface area contributed by atoms with Crippen LogP contribution in [0, 0.1) is 42.4 Å². The normalized spacial score (nSPS) is 17.3. The van der Waals surface area contributed by atoms with Gasteiger partial charge in [0, 0.05) is 83.3 Å². The van der Waals surface area contributed by atoms with Gasteiger partial charge in [-0.15, -0.1) is 0 Å². The number of aromatic nitrogens is 1. The third-order valence-electron chi connectivity index (χ3n) is 14.0. The number of nitrogens with zero attached hydrogens (tertiary/aromatic N) is 1. The number of H-pyrrole nitrogens is 1. The smallest absolute Gasteiger partial charge is 0.243 e. The number of nitrogens with one attached hydrogen (secondary N) is 5. The average molecular weight is 998 g/mol. The number of carbonyl (C=O) groups is 5. The molecule has 1 aliphatic heterocycles. The number of amides is 5. The first-order chi connectivity index (χ1) is 34.1. The second kappa shape index (κ2) is 33.4. The lowest BCUT2D eigenvalue weighted by Gasteiger charge is -2.38. The molecule has 9 unspecified atom stereocenters. The molecule has 0 aliphatic carbocycles. The molecule has 17 heteroatoms. The minimum absolute atomic E-state index is 0.0244. The number of nitrogens with two attached hydrogens (primary N) is 1. The van der Waals surface area contributed by atoms with Crippen LogP contribution >= 0.6 is 0 Å². The van der Waals surface area contributed by atoms with E-state index >= 15 is 0 Å². The lowest BCUT2D eigenvalue weighted by Crippen LogP contribution is -2.59.